The number of rotatable bonds is 7. The molecule has 0 unspecified atom stereocenters. The number of hydrogen-bond acceptors (Lipinski definition) is 6. The Morgan fingerprint density at radius 2 is 1.46 bits per heavy atom. The Morgan fingerprint density at radius 3 is 1.89 bits per heavy atom. The lowest BCUT2D eigenvalue weighted by atomic mass is 9.87. The van der Waals surface area contributed by atoms with Crippen molar-refractivity contribution in [2.24, 2.45) is 5.10 Å². The quantitative estimate of drug-likeness (QED) is 0.563. The maximum atomic E-state index is 12.4. The van der Waals surface area contributed by atoms with Crippen LogP contribution in [0.3, 0.4) is 0 Å². The summed E-state index contributed by atoms with van der Waals surface area (Å²) in [6.07, 6.45) is 1.37. The minimum atomic E-state index is -3.77. The van der Waals surface area contributed by atoms with Crippen LogP contribution in [0.1, 0.15) is 31.9 Å². The third kappa shape index (κ3) is 4.95. The molecule has 0 heterocycles. The number of benzene rings is 2. The average Bonchev–Trinajstić information content (AvgIpc) is 2.66. The molecule has 1 N–H and O–H groups in total. The fourth-order valence-electron chi connectivity index (χ4n) is 2.53. The third-order valence-electron chi connectivity index (χ3n) is 4.10. The fourth-order valence-corrected chi connectivity index (χ4v) is 3.32. The topological polar surface area (TPSA) is 86.2 Å². The predicted molar refractivity (Wildman–Crippen MR) is 109 cm³/mol. The maximum absolute atomic E-state index is 12.4. The summed E-state index contributed by atoms with van der Waals surface area (Å²) in [5, 5.41) is 3.85. The SMILES string of the molecule is COc1cc(/C=N\NS(=O)(=O)c2ccc(C(C)(C)C)cc2)cc(OC)c1OC. The van der Waals surface area contributed by atoms with Crippen molar-refractivity contribution in [3.8, 4) is 17.2 Å². The molecule has 0 aromatic heterocycles. The Labute approximate surface area is 166 Å². The molecule has 0 aliphatic rings. The molecule has 0 aliphatic heterocycles. The Morgan fingerprint density at radius 1 is 0.929 bits per heavy atom. The van der Waals surface area contributed by atoms with Gasteiger partial charge in [-0.15, -0.1) is 0 Å². The number of methoxy groups -OCH3 is 3. The Balaban J connectivity index is 2.21. The summed E-state index contributed by atoms with van der Waals surface area (Å²) in [7, 11) is 0.739. The molecule has 28 heavy (non-hydrogen) atoms. The Kier molecular flexibility index (Phi) is 6.56. The number of sulfonamides is 1. The van der Waals surface area contributed by atoms with Crippen LogP contribution in [0.2, 0.25) is 0 Å². The highest BCUT2D eigenvalue weighted by molar-refractivity contribution is 7.89. The second-order valence-electron chi connectivity index (χ2n) is 7.09. The molecule has 0 amide bonds. The third-order valence-corrected chi connectivity index (χ3v) is 5.34. The molecule has 0 aliphatic carbocycles. The largest absolute Gasteiger partial charge is 0.493 e. The smallest absolute Gasteiger partial charge is 0.276 e. The average molecular weight is 407 g/mol. The van der Waals surface area contributed by atoms with Crippen molar-refractivity contribution in [2.45, 2.75) is 31.1 Å². The first-order valence-corrected chi connectivity index (χ1v) is 10.1. The number of nitrogens with zero attached hydrogens (tertiary/aromatic N) is 1. The first-order valence-electron chi connectivity index (χ1n) is 8.58. The van der Waals surface area contributed by atoms with Crippen LogP contribution in [-0.4, -0.2) is 36.0 Å². The van der Waals surface area contributed by atoms with E-state index in [1.54, 1.807) is 36.4 Å². The van der Waals surface area contributed by atoms with E-state index < -0.39 is 10.0 Å². The van der Waals surface area contributed by atoms with Gasteiger partial charge in [0.15, 0.2) is 11.5 Å². The van der Waals surface area contributed by atoms with Crippen molar-refractivity contribution in [1.82, 2.24) is 4.83 Å². The van der Waals surface area contributed by atoms with E-state index in [-0.39, 0.29) is 10.3 Å². The molecule has 2 aromatic carbocycles. The van der Waals surface area contributed by atoms with Crippen LogP contribution >= 0.6 is 0 Å². The molecular weight excluding hydrogens is 380 g/mol. The molecular formula is C20H26N2O5S. The first-order chi connectivity index (χ1) is 13.1. The highest BCUT2D eigenvalue weighted by Crippen LogP contribution is 2.37. The lowest BCUT2D eigenvalue weighted by molar-refractivity contribution is 0.324. The van der Waals surface area contributed by atoms with Crippen molar-refractivity contribution >= 4 is 16.2 Å². The van der Waals surface area contributed by atoms with Crippen LogP contribution in [0, 0.1) is 0 Å². The molecule has 0 radical (unpaired) electrons. The van der Waals surface area contributed by atoms with E-state index in [0.29, 0.717) is 22.8 Å². The minimum Gasteiger partial charge on any atom is -0.493 e. The Bertz CT molecular complexity index is 921. The van der Waals surface area contributed by atoms with Gasteiger partial charge in [-0.3, -0.25) is 0 Å². The molecule has 8 heteroatoms. The molecule has 152 valence electrons. The summed E-state index contributed by atoms with van der Waals surface area (Å²) in [5.41, 5.74) is 1.58. The molecule has 0 atom stereocenters. The van der Waals surface area contributed by atoms with E-state index in [9.17, 15) is 8.42 Å². The summed E-state index contributed by atoms with van der Waals surface area (Å²) < 4.78 is 40.7. The normalized spacial score (nSPS) is 12.1. The standard InChI is InChI=1S/C20H26N2O5S/c1-20(2,3)15-7-9-16(10-8-15)28(23,24)22-21-13-14-11-17(25-4)19(27-6)18(12-14)26-5/h7-13,22H,1-6H3/b21-13-. The fraction of sp³-hybridized carbons (Fsp3) is 0.350. The van der Waals surface area contributed by atoms with Crippen molar-refractivity contribution in [3.05, 3.63) is 47.5 Å². The monoisotopic (exact) mass is 406 g/mol. The number of nitrogens with one attached hydrogen (secondary N) is 1. The molecule has 0 saturated carbocycles. The molecule has 0 spiro atoms. The van der Waals surface area contributed by atoms with Crippen molar-refractivity contribution < 1.29 is 22.6 Å². The molecule has 2 rings (SSSR count). The molecule has 0 fully saturated rings. The van der Waals surface area contributed by atoms with Gasteiger partial charge < -0.3 is 14.2 Å². The first kappa shape index (κ1) is 21.6. The molecule has 0 saturated heterocycles. The minimum absolute atomic E-state index is 0.0552. The van der Waals surface area contributed by atoms with Gasteiger partial charge in [-0.1, -0.05) is 32.9 Å². The van der Waals surface area contributed by atoms with Gasteiger partial charge in [0, 0.05) is 5.56 Å². The maximum Gasteiger partial charge on any atom is 0.276 e. The van der Waals surface area contributed by atoms with Crippen LogP contribution in [0.25, 0.3) is 0 Å². The van der Waals surface area contributed by atoms with Crippen LogP contribution in [-0.2, 0) is 15.4 Å². The predicted octanol–water partition coefficient (Wildman–Crippen LogP) is 3.32. The summed E-state index contributed by atoms with van der Waals surface area (Å²) >= 11 is 0. The highest BCUT2D eigenvalue weighted by Gasteiger charge is 2.17. The number of hydrazone groups is 1. The van der Waals surface area contributed by atoms with Crippen molar-refractivity contribution in [1.29, 1.82) is 0 Å². The van der Waals surface area contributed by atoms with Gasteiger partial charge in [0.05, 0.1) is 32.4 Å². The van der Waals surface area contributed by atoms with E-state index in [1.165, 1.54) is 27.5 Å². The zero-order valence-corrected chi connectivity index (χ0v) is 17.8. The van der Waals surface area contributed by atoms with E-state index in [1.807, 2.05) is 0 Å². The van der Waals surface area contributed by atoms with Crippen LogP contribution in [0.4, 0.5) is 0 Å². The van der Waals surface area contributed by atoms with Gasteiger partial charge in [0.25, 0.3) is 10.0 Å². The zero-order valence-electron chi connectivity index (χ0n) is 16.9. The van der Waals surface area contributed by atoms with E-state index in [2.05, 4.69) is 30.7 Å². The lowest BCUT2D eigenvalue weighted by Gasteiger charge is -2.19. The zero-order chi connectivity index (χ0) is 20.9. The number of hydrogen-bond donors (Lipinski definition) is 1. The van der Waals surface area contributed by atoms with Crippen LogP contribution in [0.15, 0.2) is 46.4 Å². The second-order valence-corrected chi connectivity index (χ2v) is 8.75. The van der Waals surface area contributed by atoms with E-state index in [4.69, 9.17) is 14.2 Å². The summed E-state index contributed by atoms with van der Waals surface area (Å²) in [6, 6.07) is 10.1. The van der Waals surface area contributed by atoms with Crippen molar-refractivity contribution in [3.63, 3.8) is 0 Å². The summed E-state index contributed by atoms with van der Waals surface area (Å²) in [4.78, 5) is 2.36. The van der Waals surface area contributed by atoms with Crippen LogP contribution in [0.5, 0.6) is 17.2 Å². The Hall–Kier alpha value is -2.74. The second kappa shape index (κ2) is 8.52. The highest BCUT2D eigenvalue weighted by atomic mass is 32.2. The van der Waals surface area contributed by atoms with Crippen molar-refractivity contribution in [2.75, 3.05) is 21.3 Å². The van der Waals surface area contributed by atoms with E-state index in [0.717, 1.165) is 5.56 Å². The van der Waals surface area contributed by atoms with E-state index >= 15 is 0 Å². The van der Waals surface area contributed by atoms with Gasteiger partial charge in [-0.05, 0) is 35.2 Å². The lowest BCUT2D eigenvalue weighted by Crippen LogP contribution is -2.19. The van der Waals surface area contributed by atoms with Crippen LogP contribution < -0.4 is 19.0 Å². The summed E-state index contributed by atoms with van der Waals surface area (Å²) in [5.74, 6) is 1.34. The molecule has 2 aromatic rings. The summed E-state index contributed by atoms with van der Waals surface area (Å²) in [6.45, 7) is 6.20. The number of ether oxygens (including phenoxy) is 3. The van der Waals surface area contributed by atoms with Gasteiger partial charge in [-0.25, -0.2) is 4.83 Å². The molecule has 7 nitrogen and oxygen atoms in total. The van der Waals surface area contributed by atoms with Gasteiger partial charge in [0.2, 0.25) is 5.75 Å². The van der Waals surface area contributed by atoms with Gasteiger partial charge in [0.1, 0.15) is 0 Å². The van der Waals surface area contributed by atoms with Gasteiger partial charge in [-0.2, -0.15) is 13.5 Å². The molecule has 0 bridgehead atoms. The van der Waals surface area contributed by atoms with Gasteiger partial charge >= 0.3 is 0 Å².